The zero-order valence-electron chi connectivity index (χ0n) is 13.1. The molecule has 0 saturated carbocycles. The standard InChI is InChI=1S/C17H19ClO4/c1-19-13-9-5-7-11(16(13)21-3)15(18)12-8-6-10-14(20-2)17(12)22-4/h5-10,15H,1-4H3. The number of rotatable bonds is 6. The van der Waals surface area contributed by atoms with E-state index < -0.39 is 5.38 Å². The van der Waals surface area contributed by atoms with E-state index in [-0.39, 0.29) is 0 Å². The second-order valence-electron chi connectivity index (χ2n) is 4.53. The second kappa shape index (κ2) is 7.27. The van der Waals surface area contributed by atoms with E-state index in [0.717, 1.165) is 11.1 Å². The van der Waals surface area contributed by atoms with Gasteiger partial charge in [-0.1, -0.05) is 24.3 Å². The van der Waals surface area contributed by atoms with Crippen LogP contribution in [0.15, 0.2) is 36.4 Å². The highest BCUT2D eigenvalue weighted by Crippen LogP contribution is 2.45. The van der Waals surface area contributed by atoms with Crippen molar-refractivity contribution >= 4 is 11.6 Å². The largest absolute Gasteiger partial charge is 0.493 e. The van der Waals surface area contributed by atoms with Gasteiger partial charge in [-0.2, -0.15) is 0 Å². The Labute approximate surface area is 135 Å². The van der Waals surface area contributed by atoms with E-state index in [1.807, 2.05) is 36.4 Å². The second-order valence-corrected chi connectivity index (χ2v) is 4.96. The highest BCUT2D eigenvalue weighted by Gasteiger charge is 2.23. The molecule has 2 aromatic rings. The number of alkyl halides is 1. The Morgan fingerprint density at radius 2 is 1.09 bits per heavy atom. The third kappa shape index (κ3) is 2.92. The van der Waals surface area contributed by atoms with Gasteiger partial charge in [-0.05, 0) is 12.1 Å². The van der Waals surface area contributed by atoms with Crippen molar-refractivity contribution in [3.63, 3.8) is 0 Å². The lowest BCUT2D eigenvalue weighted by Gasteiger charge is -2.19. The monoisotopic (exact) mass is 322 g/mol. The number of hydrogen-bond donors (Lipinski definition) is 0. The molecule has 0 fully saturated rings. The number of hydrogen-bond acceptors (Lipinski definition) is 4. The molecule has 0 unspecified atom stereocenters. The molecule has 0 aliphatic heterocycles. The topological polar surface area (TPSA) is 36.9 Å². The molecule has 0 saturated heterocycles. The van der Waals surface area contributed by atoms with Crippen molar-refractivity contribution in [3.8, 4) is 23.0 Å². The molecule has 0 aliphatic rings. The number of ether oxygens (including phenoxy) is 4. The van der Waals surface area contributed by atoms with Gasteiger partial charge in [0, 0.05) is 11.1 Å². The zero-order chi connectivity index (χ0) is 16.1. The Hall–Kier alpha value is -2.07. The highest BCUT2D eigenvalue weighted by molar-refractivity contribution is 6.23. The molecule has 0 spiro atoms. The maximum atomic E-state index is 6.69. The summed E-state index contributed by atoms with van der Waals surface area (Å²) < 4.78 is 21.6. The zero-order valence-corrected chi connectivity index (χ0v) is 13.8. The lowest BCUT2D eigenvalue weighted by atomic mass is 10.0. The SMILES string of the molecule is COc1cccc(C(Cl)c2cccc(OC)c2OC)c1OC. The predicted molar refractivity (Wildman–Crippen MR) is 86.8 cm³/mol. The normalized spacial score (nSPS) is 10.5. The van der Waals surface area contributed by atoms with Crippen molar-refractivity contribution in [2.75, 3.05) is 28.4 Å². The maximum absolute atomic E-state index is 6.69. The van der Waals surface area contributed by atoms with Gasteiger partial charge in [0.2, 0.25) is 0 Å². The summed E-state index contributed by atoms with van der Waals surface area (Å²) in [5.41, 5.74) is 1.60. The van der Waals surface area contributed by atoms with Gasteiger partial charge < -0.3 is 18.9 Å². The number of halogens is 1. The molecule has 118 valence electrons. The van der Waals surface area contributed by atoms with Crippen molar-refractivity contribution in [2.24, 2.45) is 0 Å². The lowest BCUT2D eigenvalue weighted by Crippen LogP contribution is -2.02. The van der Waals surface area contributed by atoms with Gasteiger partial charge in [-0.3, -0.25) is 0 Å². The molecule has 0 amide bonds. The van der Waals surface area contributed by atoms with Gasteiger partial charge >= 0.3 is 0 Å². The number of methoxy groups -OCH3 is 4. The van der Waals surface area contributed by atoms with Crippen LogP contribution in [0.5, 0.6) is 23.0 Å². The quantitative estimate of drug-likeness (QED) is 0.752. The van der Waals surface area contributed by atoms with Gasteiger partial charge in [0.25, 0.3) is 0 Å². The Morgan fingerprint density at radius 3 is 1.41 bits per heavy atom. The van der Waals surface area contributed by atoms with E-state index in [9.17, 15) is 0 Å². The van der Waals surface area contributed by atoms with Crippen molar-refractivity contribution in [1.82, 2.24) is 0 Å². The van der Waals surface area contributed by atoms with Crippen molar-refractivity contribution in [2.45, 2.75) is 5.38 Å². The van der Waals surface area contributed by atoms with E-state index in [1.54, 1.807) is 28.4 Å². The molecule has 2 aromatic carbocycles. The Balaban J connectivity index is 2.55. The van der Waals surface area contributed by atoms with Crippen LogP contribution in [0.1, 0.15) is 16.5 Å². The van der Waals surface area contributed by atoms with Crippen LogP contribution < -0.4 is 18.9 Å². The first-order chi connectivity index (χ1) is 10.7. The van der Waals surface area contributed by atoms with Gasteiger partial charge in [-0.15, -0.1) is 11.6 Å². The van der Waals surface area contributed by atoms with Crippen LogP contribution in [0.3, 0.4) is 0 Å². The van der Waals surface area contributed by atoms with Crippen molar-refractivity contribution < 1.29 is 18.9 Å². The van der Waals surface area contributed by atoms with E-state index in [0.29, 0.717) is 23.0 Å². The van der Waals surface area contributed by atoms with E-state index >= 15 is 0 Å². The molecule has 0 heterocycles. The minimum Gasteiger partial charge on any atom is -0.493 e. The summed E-state index contributed by atoms with van der Waals surface area (Å²) >= 11 is 6.69. The Bertz CT molecular complexity index is 587. The first-order valence-electron chi connectivity index (χ1n) is 6.73. The molecule has 22 heavy (non-hydrogen) atoms. The summed E-state index contributed by atoms with van der Waals surface area (Å²) in [6.45, 7) is 0. The number of para-hydroxylation sites is 2. The van der Waals surface area contributed by atoms with Gasteiger partial charge in [0.1, 0.15) is 0 Å². The fourth-order valence-corrected chi connectivity index (χ4v) is 2.73. The maximum Gasteiger partial charge on any atom is 0.165 e. The first kappa shape index (κ1) is 16.3. The third-order valence-corrected chi connectivity index (χ3v) is 3.88. The van der Waals surface area contributed by atoms with Crippen LogP contribution in [-0.4, -0.2) is 28.4 Å². The third-order valence-electron chi connectivity index (χ3n) is 3.41. The van der Waals surface area contributed by atoms with Crippen LogP contribution in [0.2, 0.25) is 0 Å². The molecular weight excluding hydrogens is 304 g/mol. The summed E-state index contributed by atoms with van der Waals surface area (Å²) in [5.74, 6) is 2.48. The van der Waals surface area contributed by atoms with Crippen molar-refractivity contribution in [3.05, 3.63) is 47.5 Å². The molecule has 2 rings (SSSR count). The smallest absolute Gasteiger partial charge is 0.165 e. The summed E-state index contributed by atoms with van der Waals surface area (Å²) in [5, 5.41) is -0.463. The summed E-state index contributed by atoms with van der Waals surface area (Å²) in [6.07, 6.45) is 0. The fraction of sp³-hybridized carbons (Fsp3) is 0.294. The molecule has 0 N–H and O–H groups in total. The molecule has 0 bridgehead atoms. The summed E-state index contributed by atoms with van der Waals surface area (Å²) in [6, 6.07) is 11.2. The van der Waals surface area contributed by atoms with Crippen LogP contribution in [0.25, 0.3) is 0 Å². The number of benzene rings is 2. The highest BCUT2D eigenvalue weighted by atomic mass is 35.5. The average molecular weight is 323 g/mol. The summed E-state index contributed by atoms with van der Waals surface area (Å²) in [4.78, 5) is 0. The van der Waals surface area contributed by atoms with Crippen LogP contribution in [-0.2, 0) is 0 Å². The Kier molecular flexibility index (Phi) is 5.39. The molecule has 5 heteroatoms. The van der Waals surface area contributed by atoms with Crippen LogP contribution in [0.4, 0.5) is 0 Å². The van der Waals surface area contributed by atoms with Crippen molar-refractivity contribution in [1.29, 1.82) is 0 Å². The Morgan fingerprint density at radius 1 is 0.682 bits per heavy atom. The first-order valence-corrected chi connectivity index (χ1v) is 7.17. The van der Waals surface area contributed by atoms with Crippen LogP contribution in [0, 0.1) is 0 Å². The predicted octanol–water partition coefficient (Wildman–Crippen LogP) is 4.05. The molecule has 0 aromatic heterocycles. The van der Waals surface area contributed by atoms with E-state index in [1.165, 1.54) is 0 Å². The fourth-order valence-electron chi connectivity index (χ4n) is 2.39. The molecule has 4 nitrogen and oxygen atoms in total. The summed E-state index contributed by atoms with van der Waals surface area (Å²) in [7, 11) is 6.37. The molecule has 0 atom stereocenters. The van der Waals surface area contributed by atoms with Crippen LogP contribution >= 0.6 is 11.6 Å². The minimum absolute atomic E-state index is 0.463. The van der Waals surface area contributed by atoms with Gasteiger partial charge in [-0.25, -0.2) is 0 Å². The lowest BCUT2D eigenvalue weighted by molar-refractivity contribution is 0.348. The minimum atomic E-state index is -0.463. The molecular formula is C17H19ClO4. The molecule has 0 radical (unpaired) electrons. The van der Waals surface area contributed by atoms with E-state index in [4.69, 9.17) is 30.5 Å². The van der Waals surface area contributed by atoms with E-state index in [2.05, 4.69) is 0 Å². The molecule has 0 aliphatic carbocycles. The average Bonchev–Trinajstić information content (AvgIpc) is 2.59. The van der Waals surface area contributed by atoms with Gasteiger partial charge in [0.05, 0.1) is 33.8 Å². The van der Waals surface area contributed by atoms with Gasteiger partial charge in [0.15, 0.2) is 23.0 Å².